The highest BCUT2D eigenvalue weighted by Crippen LogP contribution is 2.43. The van der Waals surface area contributed by atoms with Gasteiger partial charge in [-0.1, -0.05) is 113 Å². The van der Waals surface area contributed by atoms with Crippen LogP contribution in [-0.4, -0.2) is 276 Å². The lowest BCUT2D eigenvalue weighted by Gasteiger charge is -2.41. The molecule has 0 aromatic carbocycles. The Bertz CT molecular complexity index is 3110. The number of likely N-dealkylation sites (tertiary alicyclic amines) is 1. The average molecular weight is 1530 g/mol. The summed E-state index contributed by atoms with van der Waals surface area (Å²) in [6.45, 7) is 12.4. The smallest absolute Gasteiger partial charge is 0.376 e. The highest BCUT2D eigenvalue weighted by Gasteiger charge is 2.53. The minimum absolute atomic E-state index is 0.000202. The number of rotatable bonds is 15. The number of piperidine rings is 1. The SMILES string of the molecule is CC[C@H](C)[C@@H]1NC(=O)[C@H](CC(C)C)N(C)C(=O)C[C@@H](C(=O)N2CCCCC2)N(C)C(=O)[C@H](CC(C)C)N(C)C(=O)C2(CCCC2)NC(=O)[C@@H]2C[C@H](OCC3CCCC(C)C3)CN2C(=O)[C@H](CCC2CCC(C(F)(F)F)C(F)C2)NC(=O)CN(C)C(=O)[C@H](CC2CCCCC2)N(C)C(=O)CN(C)C(=O)CN(C)C1=O. The second-order valence-electron chi connectivity index (χ2n) is 34.2. The highest BCUT2D eigenvalue weighted by atomic mass is 19.4. The fraction of sp³-hybridized carbons (Fsp3) is 0.848. The van der Waals surface area contributed by atoms with Crippen LogP contribution in [0, 0.1) is 47.3 Å². The van der Waals surface area contributed by atoms with Crippen molar-refractivity contribution in [3.05, 3.63) is 0 Å². The largest absolute Gasteiger partial charge is 0.394 e. The Balaban J connectivity index is 1.31. The molecule has 5 unspecified atom stereocenters. The summed E-state index contributed by atoms with van der Waals surface area (Å²) >= 11 is 0. The van der Waals surface area contributed by atoms with E-state index in [0.717, 1.165) is 78.9 Å². The topological polar surface area (TPSA) is 279 Å². The first-order valence-electron chi connectivity index (χ1n) is 40.5. The molecule has 3 N–H and O–H groups in total. The lowest BCUT2D eigenvalue weighted by Crippen LogP contribution is -2.64. The van der Waals surface area contributed by atoms with E-state index in [1.54, 1.807) is 11.8 Å². The first-order valence-corrected chi connectivity index (χ1v) is 40.5. The lowest BCUT2D eigenvalue weighted by atomic mass is 9.78. The van der Waals surface area contributed by atoms with E-state index in [1.807, 2.05) is 34.6 Å². The Morgan fingerprint density at radius 3 is 1.79 bits per heavy atom. The molecule has 4 aliphatic carbocycles. The van der Waals surface area contributed by atoms with Gasteiger partial charge in [0.05, 0.1) is 38.1 Å². The van der Waals surface area contributed by atoms with E-state index in [2.05, 4.69) is 22.9 Å². The van der Waals surface area contributed by atoms with Gasteiger partial charge in [0, 0.05) is 82.0 Å². The Morgan fingerprint density at radius 2 is 1.18 bits per heavy atom. The normalized spacial score (nSPS) is 30.7. The first kappa shape index (κ1) is 88.5. The number of fused-ring (bicyclic) bond motifs is 1. The number of nitrogens with one attached hydrogen (secondary N) is 3. The van der Waals surface area contributed by atoms with Gasteiger partial charge >= 0.3 is 6.18 Å². The minimum atomic E-state index is -4.77. The molecule has 12 amide bonds. The zero-order valence-electron chi connectivity index (χ0n) is 67.2. The summed E-state index contributed by atoms with van der Waals surface area (Å²) in [4.78, 5) is 193. The van der Waals surface area contributed by atoms with Crippen LogP contribution in [0.5, 0.6) is 0 Å². The molecule has 7 rings (SSSR count). The molecule has 29 heteroatoms. The zero-order valence-corrected chi connectivity index (χ0v) is 67.2. The van der Waals surface area contributed by atoms with Gasteiger partial charge in [0.2, 0.25) is 70.9 Å². The second-order valence-corrected chi connectivity index (χ2v) is 34.2. The molecule has 108 heavy (non-hydrogen) atoms. The maximum Gasteiger partial charge on any atom is 0.394 e. The second kappa shape index (κ2) is 40.0. The van der Waals surface area contributed by atoms with Gasteiger partial charge in [0.1, 0.15) is 54.0 Å². The molecule has 0 aromatic rings. The van der Waals surface area contributed by atoms with Crippen molar-refractivity contribution >= 4 is 70.9 Å². The number of carbonyl (C=O) groups is 12. The summed E-state index contributed by atoms with van der Waals surface area (Å²) in [7, 11) is 9.91. The number of ether oxygens (including phenoxy) is 1. The molecule has 0 radical (unpaired) electrons. The van der Waals surface area contributed by atoms with E-state index < -0.39 is 194 Å². The van der Waals surface area contributed by atoms with Crippen molar-refractivity contribution in [2.75, 3.05) is 95.2 Å². The Kier molecular flexibility index (Phi) is 32.8. The lowest BCUT2D eigenvalue weighted by molar-refractivity contribution is -0.201. The molecule has 612 valence electrons. The van der Waals surface area contributed by atoms with Crippen LogP contribution in [0.3, 0.4) is 0 Å². The molecule has 4 saturated carbocycles. The quantitative estimate of drug-likeness (QED) is 0.134. The predicted molar refractivity (Wildman–Crippen MR) is 399 cm³/mol. The maximum atomic E-state index is 15.8. The molecule has 25 nitrogen and oxygen atoms in total. The number of carbonyl (C=O) groups excluding carboxylic acids is 12. The van der Waals surface area contributed by atoms with E-state index in [-0.39, 0.29) is 88.0 Å². The van der Waals surface area contributed by atoms with Crippen LogP contribution in [0.1, 0.15) is 222 Å². The van der Waals surface area contributed by atoms with Gasteiger partial charge in [-0.15, -0.1) is 0 Å². The Morgan fingerprint density at radius 1 is 0.574 bits per heavy atom. The van der Waals surface area contributed by atoms with Crippen molar-refractivity contribution in [1.29, 1.82) is 0 Å². The first-order chi connectivity index (χ1) is 50.9. The van der Waals surface area contributed by atoms with Gasteiger partial charge in [-0.3, -0.25) is 57.5 Å². The fourth-order valence-electron chi connectivity index (χ4n) is 17.7. The van der Waals surface area contributed by atoms with Crippen molar-refractivity contribution in [3.8, 4) is 0 Å². The van der Waals surface area contributed by atoms with Gasteiger partial charge in [0.15, 0.2) is 0 Å². The van der Waals surface area contributed by atoms with Crippen molar-refractivity contribution in [2.45, 2.75) is 288 Å². The predicted octanol–water partition coefficient (Wildman–Crippen LogP) is 7.50. The Hall–Kier alpha value is -6.68. The maximum absolute atomic E-state index is 15.8. The van der Waals surface area contributed by atoms with Crippen molar-refractivity contribution in [2.24, 2.45) is 47.3 Å². The highest BCUT2D eigenvalue weighted by molar-refractivity contribution is 6.00. The van der Waals surface area contributed by atoms with Crippen LogP contribution in [-0.2, 0) is 62.3 Å². The van der Waals surface area contributed by atoms with E-state index in [9.17, 15) is 37.1 Å². The molecule has 0 bridgehead atoms. The monoisotopic (exact) mass is 1530 g/mol. The zero-order chi connectivity index (χ0) is 79.8. The molecule has 1 spiro atoms. The number of hydrogen-bond acceptors (Lipinski definition) is 13. The van der Waals surface area contributed by atoms with E-state index in [0.29, 0.717) is 57.7 Å². The third-order valence-corrected chi connectivity index (χ3v) is 24.8. The minimum Gasteiger partial charge on any atom is -0.376 e. The number of likely N-dealkylation sites (N-methyl/N-ethyl adjacent to an activating group) is 7. The average Bonchev–Trinajstić information content (AvgIpc) is 1.55. The molecule has 3 saturated heterocycles. The van der Waals surface area contributed by atoms with Crippen LogP contribution >= 0.6 is 0 Å². The third-order valence-electron chi connectivity index (χ3n) is 24.8. The van der Waals surface area contributed by atoms with Gasteiger partial charge in [-0.25, -0.2) is 4.39 Å². The number of nitrogens with zero attached hydrogens (tertiary/aromatic N) is 9. The number of alkyl halides is 4. The van der Waals surface area contributed by atoms with Crippen LogP contribution in [0.4, 0.5) is 17.6 Å². The molecule has 7 aliphatic rings. The van der Waals surface area contributed by atoms with Crippen LogP contribution < -0.4 is 16.0 Å². The summed E-state index contributed by atoms with van der Waals surface area (Å²) in [6, 6.07) is -9.09. The molecule has 3 heterocycles. The van der Waals surface area contributed by atoms with Crippen LogP contribution in [0.2, 0.25) is 0 Å². The summed E-state index contributed by atoms with van der Waals surface area (Å²) in [5.41, 5.74) is -1.64. The van der Waals surface area contributed by atoms with E-state index in [4.69, 9.17) is 4.74 Å². The third kappa shape index (κ3) is 23.5. The van der Waals surface area contributed by atoms with Gasteiger partial charge < -0.3 is 64.8 Å². The molecular weight excluding hydrogens is 1400 g/mol. The summed E-state index contributed by atoms with van der Waals surface area (Å²) in [5.74, 6) is -11.1. The van der Waals surface area contributed by atoms with E-state index in [1.165, 1.54) is 73.8 Å². The Labute approximate surface area is 638 Å². The van der Waals surface area contributed by atoms with Crippen LogP contribution in [0.25, 0.3) is 0 Å². The molecule has 14 atom stereocenters. The fourth-order valence-corrected chi connectivity index (χ4v) is 17.7. The van der Waals surface area contributed by atoms with Gasteiger partial charge in [0.25, 0.3) is 0 Å². The van der Waals surface area contributed by atoms with E-state index >= 15 is 38.0 Å². The number of amides is 12. The summed E-state index contributed by atoms with van der Waals surface area (Å²) in [6.07, 6.45) is 2.87. The molecule has 0 aromatic heterocycles. The standard InChI is InChI=1S/C79H130F4N12O13/c1-15-52(7)69-76(106)89(10)46-67(98)87(8)47-68(99)91(12)63(41-53-26-18-16-19-27-53)73(103)88(9)45-65(96)84-59(32-30-54-29-31-57(58(80)40-54)79(81,82)83)72(102)95-44-56(108-48-55-28-24-25-51(6)39-55)42-61(95)71(101)86-78(33-20-21-34-78)77(107)93(14)62(38-50(4)5)74(104)92(13)64(75(105)94-35-22-17-23-36-94)43-66(97)90(11)60(37-49(2)3)70(100)85-69/h49-64,69H,15-48H2,1-14H3,(H,84,96)(H,85,100)(H,86,101)/t51?,52-,54?,55?,56-,57?,58?,59-,60-,61-,62-,63-,64-,69-/m0/s1. The van der Waals surface area contributed by atoms with Crippen molar-refractivity contribution in [3.63, 3.8) is 0 Å². The molecular formula is C79H130F4N12O13. The van der Waals surface area contributed by atoms with Crippen molar-refractivity contribution in [1.82, 2.24) is 60.0 Å². The van der Waals surface area contributed by atoms with Crippen LogP contribution in [0.15, 0.2) is 0 Å². The summed E-state index contributed by atoms with van der Waals surface area (Å²) < 4.78 is 64.3. The number of hydrogen-bond donors (Lipinski definition) is 3. The molecule has 7 fully saturated rings. The number of halogens is 4. The van der Waals surface area contributed by atoms with Gasteiger partial charge in [-0.05, 0) is 138 Å². The van der Waals surface area contributed by atoms with Crippen molar-refractivity contribution < 1.29 is 79.8 Å². The molecule has 3 aliphatic heterocycles. The summed E-state index contributed by atoms with van der Waals surface area (Å²) in [5, 5.41) is 8.84. The van der Waals surface area contributed by atoms with Gasteiger partial charge in [-0.2, -0.15) is 13.2 Å².